The Labute approximate surface area is 97.1 Å². The van der Waals surface area contributed by atoms with Gasteiger partial charge in [-0.25, -0.2) is 9.78 Å². The number of aromatic amines is 2. The third-order valence-electron chi connectivity index (χ3n) is 2.98. The highest BCUT2D eigenvalue weighted by atomic mass is 16.1. The summed E-state index contributed by atoms with van der Waals surface area (Å²) in [7, 11) is 0. The predicted octanol–water partition coefficient (Wildman–Crippen LogP) is -0.332. The molecule has 0 bridgehead atoms. The molecule has 0 saturated carbocycles. The predicted molar refractivity (Wildman–Crippen MR) is 64.0 cm³/mol. The number of aromatic nitrogens is 4. The first-order valence-corrected chi connectivity index (χ1v) is 5.71. The lowest BCUT2D eigenvalue weighted by Gasteiger charge is -2.09. The molecule has 3 rings (SSSR count). The number of anilines is 1. The van der Waals surface area contributed by atoms with Crippen LogP contribution >= 0.6 is 0 Å². The van der Waals surface area contributed by atoms with E-state index in [9.17, 15) is 4.79 Å². The molecule has 7 heteroatoms. The maximum Gasteiger partial charge on any atom is 0.325 e. The lowest BCUT2D eigenvalue weighted by atomic mass is 10.1. The van der Waals surface area contributed by atoms with E-state index in [1.54, 1.807) is 6.20 Å². The molecule has 0 aliphatic carbocycles. The number of imidazole rings is 1. The van der Waals surface area contributed by atoms with Crippen LogP contribution < -0.4 is 16.3 Å². The Kier molecular flexibility index (Phi) is 2.52. The molecule has 1 fully saturated rings. The van der Waals surface area contributed by atoms with Crippen LogP contribution in [0.25, 0.3) is 11.2 Å². The lowest BCUT2D eigenvalue weighted by Crippen LogP contribution is -2.18. The van der Waals surface area contributed by atoms with Gasteiger partial charge in [0.1, 0.15) is 5.52 Å². The summed E-state index contributed by atoms with van der Waals surface area (Å²) in [6.07, 6.45) is 2.78. The van der Waals surface area contributed by atoms with Gasteiger partial charge in [0.05, 0.1) is 6.20 Å². The summed E-state index contributed by atoms with van der Waals surface area (Å²) in [5, 5.41) is 6.50. The largest absolute Gasteiger partial charge is 0.354 e. The van der Waals surface area contributed by atoms with Crippen molar-refractivity contribution in [1.82, 2.24) is 25.3 Å². The Bertz CT molecular complexity index is 567. The lowest BCUT2D eigenvalue weighted by molar-refractivity contribution is 0.613. The minimum atomic E-state index is -0.258. The number of rotatable bonds is 3. The molecule has 0 aromatic carbocycles. The van der Waals surface area contributed by atoms with Crippen LogP contribution in [-0.2, 0) is 0 Å². The van der Waals surface area contributed by atoms with E-state index in [-0.39, 0.29) is 5.69 Å². The van der Waals surface area contributed by atoms with Crippen molar-refractivity contribution in [2.45, 2.75) is 6.42 Å². The fourth-order valence-corrected chi connectivity index (χ4v) is 2.04. The van der Waals surface area contributed by atoms with Crippen LogP contribution in [0.5, 0.6) is 0 Å². The molecule has 17 heavy (non-hydrogen) atoms. The average Bonchev–Trinajstić information content (AvgIpc) is 2.92. The second-order valence-corrected chi connectivity index (χ2v) is 4.27. The molecule has 0 spiro atoms. The maximum absolute atomic E-state index is 11.1. The molecule has 1 aliphatic rings. The van der Waals surface area contributed by atoms with Gasteiger partial charge in [0.15, 0.2) is 5.65 Å². The second kappa shape index (κ2) is 4.17. The third kappa shape index (κ3) is 2.14. The van der Waals surface area contributed by atoms with E-state index in [0.29, 0.717) is 23.0 Å². The van der Waals surface area contributed by atoms with Gasteiger partial charge in [-0.15, -0.1) is 0 Å². The van der Waals surface area contributed by atoms with Gasteiger partial charge in [-0.05, 0) is 25.4 Å². The minimum absolute atomic E-state index is 0.258. The van der Waals surface area contributed by atoms with Crippen molar-refractivity contribution in [3.05, 3.63) is 16.7 Å². The van der Waals surface area contributed by atoms with Gasteiger partial charge >= 0.3 is 5.69 Å². The van der Waals surface area contributed by atoms with Gasteiger partial charge in [-0.2, -0.15) is 4.98 Å². The highest BCUT2D eigenvalue weighted by molar-refractivity contribution is 5.69. The SMILES string of the molecule is O=c1[nH]c2cnc(NC[C@@H]3CCNC3)nc2[nH]1. The van der Waals surface area contributed by atoms with Gasteiger partial charge in [-0.1, -0.05) is 0 Å². The van der Waals surface area contributed by atoms with E-state index in [0.717, 1.165) is 19.6 Å². The zero-order chi connectivity index (χ0) is 11.7. The standard InChI is InChI=1S/C10H14N6O/c17-10-14-7-5-13-9(15-8(7)16-10)12-4-6-1-2-11-3-6/h5-6,11H,1-4H2,(H3,12,13,14,15,16,17)/t6-/m1/s1. The number of hydrogen-bond acceptors (Lipinski definition) is 5. The fourth-order valence-electron chi connectivity index (χ4n) is 2.04. The minimum Gasteiger partial charge on any atom is -0.354 e. The molecule has 7 nitrogen and oxygen atoms in total. The van der Waals surface area contributed by atoms with Crippen LogP contribution in [-0.4, -0.2) is 39.6 Å². The highest BCUT2D eigenvalue weighted by Gasteiger charge is 2.14. The van der Waals surface area contributed by atoms with Gasteiger partial charge in [0.2, 0.25) is 5.95 Å². The van der Waals surface area contributed by atoms with Gasteiger partial charge in [0.25, 0.3) is 0 Å². The number of nitrogens with zero attached hydrogens (tertiary/aromatic N) is 2. The smallest absolute Gasteiger partial charge is 0.325 e. The number of fused-ring (bicyclic) bond motifs is 1. The summed E-state index contributed by atoms with van der Waals surface area (Å²) < 4.78 is 0. The molecule has 1 atom stereocenters. The quantitative estimate of drug-likeness (QED) is 0.583. The molecule has 0 unspecified atom stereocenters. The third-order valence-corrected chi connectivity index (χ3v) is 2.98. The topological polar surface area (TPSA) is 98.5 Å². The first-order chi connectivity index (χ1) is 8.31. The van der Waals surface area contributed by atoms with Crippen LogP contribution in [0.2, 0.25) is 0 Å². The Hall–Kier alpha value is -1.89. The number of hydrogen-bond donors (Lipinski definition) is 4. The van der Waals surface area contributed by atoms with Crippen molar-refractivity contribution in [1.29, 1.82) is 0 Å². The summed E-state index contributed by atoms with van der Waals surface area (Å²) in [6, 6.07) is 0. The fraction of sp³-hybridized carbons (Fsp3) is 0.500. The molecule has 2 aromatic rings. The Morgan fingerprint density at radius 3 is 3.24 bits per heavy atom. The van der Waals surface area contributed by atoms with Crippen molar-refractivity contribution in [3.63, 3.8) is 0 Å². The molecular weight excluding hydrogens is 220 g/mol. The molecule has 4 N–H and O–H groups in total. The summed E-state index contributed by atoms with van der Waals surface area (Å²) >= 11 is 0. The molecular formula is C10H14N6O. The Morgan fingerprint density at radius 2 is 2.41 bits per heavy atom. The van der Waals surface area contributed by atoms with Gasteiger partial charge < -0.3 is 15.6 Å². The van der Waals surface area contributed by atoms with E-state index in [2.05, 4.69) is 30.6 Å². The summed E-state index contributed by atoms with van der Waals surface area (Å²) in [6.45, 7) is 2.97. The van der Waals surface area contributed by atoms with Crippen molar-refractivity contribution in [3.8, 4) is 0 Å². The van der Waals surface area contributed by atoms with E-state index < -0.39 is 0 Å². The average molecular weight is 234 g/mol. The van der Waals surface area contributed by atoms with Crippen LogP contribution in [0.15, 0.2) is 11.0 Å². The molecule has 2 aromatic heterocycles. The number of H-pyrrole nitrogens is 2. The van der Waals surface area contributed by atoms with Crippen LogP contribution in [0.3, 0.4) is 0 Å². The van der Waals surface area contributed by atoms with E-state index in [1.807, 2.05) is 0 Å². The molecule has 1 saturated heterocycles. The van der Waals surface area contributed by atoms with Gasteiger partial charge in [0, 0.05) is 6.54 Å². The molecule has 3 heterocycles. The number of nitrogens with one attached hydrogen (secondary N) is 4. The molecule has 0 radical (unpaired) electrons. The molecule has 1 aliphatic heterocycles. The zero-order valence-corrected chi connectivity index (χ0v) is 9.29. The van der Waals surface area contributed by atoms with Crippen LogP contribution in [0, 0.1) is 5.92 Å². The van der Waals surface area contributed by atoms with E-state index in [4.69, 9.17) is 0 Å². The Morgan fingerprint density at radius 1 is 1.47 bits per heavy atom. The summed E-state index contributed by atoms with van der Waals surface area (Å²) in [5.74, 6) is 1.18. The van der Waals surface area contributed by atoms with E-state index in [1.165, 1.54) is 6.42 Å². The first-order valence-electron chi connectivity index (χ1n) is 5.71. The summed E-state index contributed by atoms with van der Waals surface area (Å²) in [5.41, 5.74) is 0.909. The van der Waals surface area contributed by atoms with Crippen molar-refractivity contribution >= 4 is 17.1 Å². The van der Waals surface area contributed by atoms with Crippen LogP contribution in [0.1, 0.15) is 6.42 Å². The van der Waals surface area contributed by atoms with E-state index >= 15 is 0 Å². The highest BCUT2D eigenvalue weighted by Crippen LogP contribution is 2.09. The van der Waals surface area contributed by atoms with Crippen LogP contribution in [0.4, 0.5) is 5.95 Å². The Balaban J connectivity index is 1.73. The first kappa shape index (κ1) is 10.3. The van der Waals surface area contributed by atoms with Crippen molar-refractivity contribution in [2.75, 3.05) is 25.0 Å². The molecule has 90 valence electrons. The van der Waals surface area contributed by atoms with Crippen molar-refractivity contribution in [2.24, 2.45) is 5.92 Å². The normalized spacial score (nSPS) is 19.9. The zero-order valence-electron chi connectivity index (χ0n) is 9.29. The second-order valence-electron chi connectivity index (χ2n) is 4.27. The van der Waals surface area contributed by atoms with Gasteiger partial charge in [-0.3, -0.25) is 4.98 Å². The molecule has 0 amide bonds. The monoisotopic (exact) mass is 234 g/mol. The summed E-state index contributed by atoms with van der Waals surface area (Å²) in [4.78, 5) is 24.7. The maximum atomic E-state index is 11.1. The van der Waals surface area contributed by atoms with Crippen molar-refractivity contribution < 1.29 is 0 Å².